The molecule has 0 saturated carbocycles. The van der Waals surface area contributed by atoms with Crippen LogP contribution < -0.4 is 16.8 Å². The van der Waals surface area contributed by atoms with Gasteiger partial charge in [0.2, 0.25) is 0 Å². The Labute approximate surface area is 116 Å². The molecule has 9 heteroatoms. The second kappa shape index (κ2) is 9.75. The first-order valence-electron chi connectivity index (χ1n) is 6.29. The number of amides is 1. The van der Waals surface area contributed by atoms with Crippen LogP contribution >= 0.6 is 0 Å². The average molecular weight is 293 g/mol. The van der Waals surface area contributed by atoms with E-state index >= 15 is 0 Å². The zero-order valence-corrected chi connectivity index (χ0v) is 11.1. The fraction of sp³-hybridized carbons (Fsp3) is 0.818. The number of nitrogens with two attached hydrogens (primary N) is 2. The summed E-state index contributed by atoms with van der Waals surface area (Å²) in [6.45, 7) is 0.454. The Morgan fingerprint density at radius 1 is 0.950 bits per heavy atom. The molecule has 0 heterocycles. The molecule has 0 aliphatic heterocycles. The van der Waals surface area contributed by atoms with Crippen LogP contribution in [0.25, 0.3) is 0 Å². The zero-order chi connectivity index (χ0) is 15.7. The van der Waals surface area contributed by atoms with Crippen molar-refractivity contribution in [1.29, 1.82) is 0 Å². The first-order chi connectivity index (χ1) is 9.36. The number of nitrogens with one attached hydrogen (secondary N) is 1. The minimum absolute atomic E-state index is 0.0725. The van der Waals surface area contributed by atoms with E-state index in [0.29, 0.717) is 6.42 Å². The average Bonchev–Trinajstić information content (AvgIpc) is 2.46. The number of Topliss-reactive ketones (excluding diaryl/α,β-unsaturated/α-hetero) is 1. The van der Waals surface area contributed by atoms with Gasteiger partial charge in [0.15, 0.2) is 11.9 Å². The van der Waals surface area contributed by atoms with E-state index < -0.39 is 36.1 Å². The van der Waals surface area contributed by atoms with E-state index in [4.69, 9.17) is 11.5 Å². The van der Waals surface area contributed by atoms with Gasteiger partial charge in [-0.05, 0) is 13.0 Å². The van der Waals surface area contributed by atoms with Gasteiger partial charge in [0, 0.05) is 19.5 Å². The number of hydrogen-bond acceptors (Lipinski definition) is 8. The van der Waals surface area contributed by atoms with Crippen molar-refractivity contribution in [3.63, 3.8) is 0 Å². The Hall–Kier alpha value is -1.10. The lowest BCUT2D eigenvalue weighted by molar-refractivity contribution is -0.154. The lowest BCUT2D eigenvalue weighted by Gasteiger charge is -2.25. The quantitative estimate of drug-likeness (QED) is 0.212. The molecule has 1 amide bonds. The molecule has 0 aliphatic carbocycles. The van der Waals surface area contributed by atoms with Crippen molar-refractivity contribution < 1.29 is 30.0 Å². The number of carbonyl (C=O) groups excluding carboxylic acids is 2. The number of aliphatic hydroxyl groups is 4. The van der Waals surface area contributed by atoms with Crippen LogP contribution in [0, 0.1) is 0 Å². The van der Waals surface area contributed by atoms with Gasteiger partial charge in [-0.1, -0.05) is 0 Å². The summed E-state index contributed by atoms with van der Waals surface area (Å²) in [4.78, 5) is 22.8. The Morgan fingerprint density at radius 3 is 2.00 bits per heavy atom. The van der Waals surface area contributed by atoms with Crippen LogP contribution in [0.4, 0.5) is 0 Å². The van der Waals surface area contributed by atoms with Crippen molar-refractivity contribution in [2.75, 3.05) is 19.6 Å². The van der Waals surface area contributed by atoms with E-state index in [-0.39, 0.29) is 26.1 Å². The van der Waals surface area contributed by atoms with Gasteiger partial charge in [-0.3, -0.25) is 9.59 Å². The molecular weight excluding hydrogens is 270 g/mol. The van der Waals surface area contributed by atoms with Crippen molar-refractivity contribution in [3.8, 4) is 0 Å². The highest BCUT2D eigenvalue weighted by Gasteiger charge is 2.36. The predicted molar refractivity (Wildman–Crippen MR) is 69.4 cm³/mol. The standard InChI is InChI=1S/C11H23N3O6/c12-3-1-2-6(15)7(16)8(17)9(18)10(19)11(20)14-5-4-13/h7-10,16-19H,1-5,12-13H2,(H,14,20)/t7-,8+,9+,10-/m0/s1. The van der Waals surface area contributed by atoms with Crippen LogP contribution in [0.1, 0.15) is 12.8 Å². The summed E-state index contributed by atoms with van der Waals surface area (Å²) in [7, 11) is 0. The summed E-state index contributed by atoms with van der Waals surface area (Å²) in [5.74, 6) is -1.68. The fourth-order valence-electron chi connectivity index (χ4n) is 1.44. The van der Waals surface area contributed by atoms with Gasteiger partial charge < -0.3 is 37.2 Å². The molecule has 0 aromatic rings. The second-order valence-corrected chi connectivity index (χ2v) is 4.31. The Balaban J connectivity index is 4.46. The molecule has 0 fully saturated rings. The largest absolute Gasteiger partial charge is 0.387 e. The molecule has 0 radical (unpaired) electrons. The van der Waals surface area contributed by atoms with Crippen molar-refractivity contribution in [3.05, 3.63) is 0 Å². The zero-order valence-electron chi connectivity index (χ0n) is 11.1. The number of rotatable bonds is 10. The van der Waals surface area contributed by atoms with Crippen molar-refractivity contribution in [2.24, 2.45) is 11.5 Å². The van der Waals surface area contributed by atoms with Crippen LogP contribution in [0.5, 0.6) is 0 Å². The highest BCUT2D eigenvalue weighted by Crippen LogP contribution is 2.08. The first-order valence-corrected chi connectivity index (χ1v) is 6.29. The van der Waals surface area contributed by atoms with E-state index in [1.54, 1.807) is 0 Å². The molecule has 9 N–H and O–H groups in total. The van der Waals surface area contributed by atoms with Gasteiger partial charge >= 0.3 is 0 Å². The third-order valence-electron chi connectivity index (χ3n) is 2.67. The minimum Gasteiger partial charge on any atom is -0.387 e. The minimum atomic E-state index is -2.00. The molecule has 0 rings (SSSR count). The molecular formula is C11H23N3O6. The smallest absolute Gasteiger partial charge is 0.251 e. The van der Waals surface area contributed by atoms with Crippen LogP contribution in [0.2, 0.25) is 0 Å². The summed E-state index contributed by atoms with van der Waals surface area (Å²) in [5, 5.41) is 40.4. The lowest BCUT2D eigenvalue weighted by Crippen LogP contribution is -2.53. The van der Waals surface area contributed by atoms with Gasteiger partial charge in [0.1, 0.15) is 18.3 Å². The number of hydrogen-bond donors (Lipinski definition) is 7. The van der Waals surface area contributed by atoms with Gasteiger partial charge in [0.05, 0.1) is 0 Å². The highest BCUT2D eigenvalue weighted by molar-refractivity contribution is 5.84. The summed E-state index contributed by atoms with van der Waals surface area (Å²) in [5.41, 5.74) is 10.3. The maximum atomic E-state index is 11.4. The number of carbonyl (C=O) groups is 2. The van der Waals surface area contributed by atoms with Crippen LogP contribution in [0.15, 0.2) is 0 Å². The summed E-state index contributed by atoms with van der Waals surface area (Å²) >= 11 is 0. The summed E-state index contributed by atoms with van der Waals surface area (Å²) in [6, 6.07) is 0. The maximum absolute atomic E-state index is 11.4. The van der Waals surface area contributed by atoms with Crippen LogP contribution in [0.3, 0.4) is 0 Å². The molecule has 0 unspecified atom stereocenters. The SMILES string of the molecule is NCCCC(=O)[C@H](O)[C@@H](O)[C@@H](O)[C@H](O)C(=O)NCCN. The molecule has 0 bridgehead atoms. The van der Waals surface area contributed by atoms with E-state index in [2.05, 4.69) is 5.32 Å². The molecule has 0 aromatic heterocycles. The highest BCUT2D eigenvalue weighted by atomic mass is 16.4. The molecule has 9 nitrogen and oxygen atoms in total. The molecule has 0 saturated heterocycles. The Bertz CT molecular complexity index is 285. The van der Waals surface area contributed by atoms with Crippen molar-refractivity contribution >= 4 is 11.7 Å². The third-order valence-corrected chi connectivity index (χ3v) is 2.67. The third kappa shape index (κ3) is 5.90. The van der Waals surface area contributed by atoms with Gasteiger partial charge in [-0.25, -0.2) is 0 Å². The van der Waals surface area contributed by atoms with Crippen LogP contribution in [-0.2, 0) is 9.59 Å². The van der Waals surface area contributed by atoms with Crippen molar-refractivity contribution in [2.45, 2.75) is 37.3 Å². The van der Waals surface area contributed by atoms with E-state index in [9.17, 15) is 30.0 Å². The fourth-order valence-corrected chi connectivity index (χ4v) is 1.44. The molecule has 20 heavy (non-hydrogen) atoms. The molecule has 0 aliphatic rings. The number of ketones is 1. The molecule has 0 spiro atoms. The first kappa shape index (κ1) is 18.9. The molecule has 4 atom stereocenters. The van der Waals surface area contributed by atoms with E-state index in [1.807, 2.05) is 0 Å². The van der Waals surface area contributed by atoms with E-state index in [0.717, 1.165) is 0 Å². The van der Waals surface area contributed by atoms with Gasteiger partial charge in [-0.15, -0.1) is 0 Å². The van der Waals surface area contributed by atoms with E-state index in [1.165, 1.54) is 0 Å². The van der Waals surface area contributed by atoms with Gasteiger partial charge in [0.25, 0.3) is 5.91 Å². The Kier molecular flexibility index (Phi) is 9.21. The molecule has 0 aromatic carbocycles. The maximum Gasteiger partial charge on any atom is 0.251 e. The predicted octanol–water partition coefficient (Wildman–Crippen LogP) is -4.19. The monoisotopic (exact) mass is 293 g/mol. The van der Waals surface area contributed by atoms with Gasteiger partial charge in [-0.2, -0.15) is 0 Å². The topological polar surface area (TPSA) is 179 Å². The summed E-state index contributed by atoms with van der Waals surface area (Å²) < 4.78 is 0. The molecule has 118 valence electrons. The lowest BCUT2D eigenvalue weighted by atomic mass is 9.97. The normalized spacial score (nSPS) is 17.1. The Morgan fingerprint density at radius 2 is 1.50 bits per heavy atom. The number of aliphatic hydroxyl groups excluding tert-OH is 4. The van der Waals surface area contributed by atoms with Crippen molar-refractivity contribution in [1.82, 2.24) is 5.32 Å². The second-order valence-electron chi connectivity index (χ2n) is 4.31. The summed E-state index contributed by atoms with van der Waals surface area (Å²) in [6.07, 6.45) is -7.60. The van der Waals surface area contributed by atoms with Crippen LogP contribution in [-0.4, -0.2) is 76.2 Å².